The normalized spacial score (nSPS) is 11.0. The highest BCUT2D eigenvalue weighted by Gasteiger charge is 2.15. The van der Waals surface area contributed by atoms with Crippen LogP contribution in [0.25, 0.3) is 0 Å². The summed E-state index contributed by atoms with van der Waals surface area (Å²) in [5.41, 5.74) is 1.83. The molecule has 0 bridgehead atoms. The molecule has 0 fully saturated rings. The van der Waals surface area contributed by atoms with Crippen molar-refractivity contribution in [2.24, 2.45) is 0 Å². The minimum Gasteiger partial charge on any atom is -0.348 e. The van der Waals surface area contributed by atoms with Gasteiger partial charge in [0.1, 0.15) is 0 Å². The first-order chi connectivity index (χ1) is 9.34. The molecular weight excluding hydrogens is 276 g/mol. The maximum Gasteiger partial charge on any atom is 0.313 e. The highest BCUT2D eigenvalue weighted by atomic mass is 35.5. The Balaban J connectivity index is 2.56. The van der Waals surface area contributed by atoms with Crippen molar-refractivity contribution in [3.05, 3.63) is 29.8 Å². The van der Waals surface area contributed by atoms with Gasteiger partial charge in [-0.25, -0.2) is 0 Å². The van der Waals surface area contributed by atoms with Crippen LogP contribution in [0.15, 0.2) is 24.3 Å². The number of rotatable bonds is 4. The molecule has 0 aromatic heterocycles. The molecule has 2 N–H and O–H groups in total. The second-order valence-corrected chi connectivity index (χ2v) is 5.96. The van der Waals surface area contributed by atoms with Crippen molar-refractivity contribution in [1.29, 1.82) is 0 Å². The monoisotopic (exact) mass is 296 g/mol. The first kappa shape index (κ1) is 16.5. The van der Waals surface area contributed by atoms with Crippen molar-refractivity contribution in [3.63, 3.8) is 0 Å². The van der Waals surface area contributed by atoms with Gasteiger partial charge in [-0.3, -0.25) is 9.59 Å². The zero-order valence-electron chi connectivity index (χ0n) is 12.1. The first-order valence-corrected chi connectivity index (χ1v) is 7.13. The number of alkyl halides is 1. The molecule has 1 aromatic rings. The molecule has 5 heteroatoms. The van der Waals surface area contributed by atoms with E-state index >= 15 is 0 Å². The number of halogens is 1. The molecule has 1 rings (SSSR count). The van der Waals surface area contributed by atoms with E-state index in [4.69, 9.17) is 11.6 Å². The van der Waals surface area contributed by atoms with E-state index in [0.29, 0.717) is 24.5 Å². The van der Waals surface area contributed by atoms with Gasteiger partial charge in [0.05, 0.1) is 0 Å². The summed E-state index contributed by atoms with van der Waals surface area (Å²) in [6.45, 7) is 6.75. The number of carbonyl (C=O) groups excluding carboxylic acids is 2. The van der Waals surface area contributed by atoms with Crippen molar-refractivity contribution in [2.75, 3.05) is 17.7 Å². The smallest absolute Gasteiger partial charge is 0.313 e. The Morgan fingerprint density at radius 3 is 2.20 bits per heavy atom. The molecule has 0 spiro atoms. The van der Waals surface area contributed by atoms with E-state index in [0.717, 1.165) is 0 Å². The molecule has 4 nitrogen and oxygen atoms in total. The predicted molar refractivity (Wildman–Crippen MR) is 82.1 cm³/mol. The third-order valence-electron chi connectivity index (χ3n) is 2.81. The van der Waals surface area contributed by atoms with E-state index in [9.17, 15) is 9.59 Å². The van der Waals surface area contributed by atoms with E-state index in [1.807, 2.05) is 12.1 Å². The van der Waals surface area contributed by atoms with Crippen LogP contribution in [-0.2, 0) is 15.0 Å². The molecule has 110 valence electrons. The van der Waals surface area contributed by atoms with Crippen LogP contribution in [0.4, 0.5) is 5.69 Å². The Kier molecular flexibility index (Phi) is 6.02. The minimum atomic E-state index is -0.664. The highest BCUT2D eigenvalue weighted by molar-refractivity contribution is 6.39. The quantitative estimate of drug-likeness (QED) is 0.510. The van der Waals surface area contributed by atoms with Gasteiger partial charge >= 0.3 is 11.8 Å². The lowest BCUT2D eigenvalue weighted by Gasteiger charge is -2.19. The SMILES string of the molecule is CC(C)(C)c1ccc(NC(=O)C(=O)NCCCCl)cc1. The van der Waals surface area contributed by atoms with Gasteiger partial charge in [0.2, 0.25) is 0 Å². The van der Waals surface area contributed by atoms with Crippen molar-refractivity contribution < 1.29 is 9.59 Å². The fourth-order valence-electron chi connectivity index (χ4n) is 1.59. The predicted octanol–water partition coefficient (Wildman–Crippen LogP) is 2.67. The van der Waals surface area contributed by atoms with E-state index < -0.39 is 11.8 Å². The summed E-state index contributed by atoms with van der Waals surface area (Å²) in [6.07, 6.45) is 0.640. The zero-order chi connectivity index (χ0) is 15.2. The third kappa shape index (κ3) is 5.21. The Bertz CT molecular complexity index is 464. The fourth-order valence-corrected chi connectivity index (χ4v) is 1.72. The molecule has 0 aliphatic rings. The van der Waals surface area contributed by atoms with E-state index in [2.05, 4.69) is 31.4 Å². The van der Waals surface area contributed by atoms with Crippen LogP contribution >= 0.6 is 11.6 Å². The molecule has 2 amide bonds. The summed E-state index contributed by atoms with van der Waals surface area (Å²) in [7, 11) is 0. The Hall–Kier alpha value is -1.55. The van der Waals surface area contributed by atoms with Crippen molar-refractivity contribution in [1.82, 2.24) is 5.32 Å². The van der Waals surface area contributed by atoms with Crippen LogP contribution < -0.4 is 10.6 Å². The average Bonchev–Trinajstić information content (AvgIpc) is 2.38. The molecule has 0 heterocycles. The molecule has 20 heavy (non-hydrogen) atoms. The fraction of sp³-hybridized carbons (Fsp3) is 0.467. The van der Waals surface area contributed by atoms with Gasteiger partial charge in [0, 0.05) is 18.1 Å². The second-order valence-electron chi connectivity index (χ2n) is 5.58. The van der Waals surface area contributed by atoms with E-state index in [1.165, 1.54) is 5.56 Å². The van der Waals surface area contributed by atoms with Gasteiger partial charge in [-0.2, -0.15) is 0 Å². The second kappa shape index (κ2) is 7.29. The maximum atomic E-state index is 11.6. The summed E-state index contributed by atoms with van der Waals surface area (Å²) in [5.74, 6) is -0.853. The topological polar surface area (TPSA) is 58.2 Å². The number of hydrogen-bond donors (Lipinski definition) is 2. The van der Waals surface area contributed by atoms with Gasteiger partial charge in [0.25, 0.3) is 0 Å². The Labute approximate surface area is 124 Å². The average molecular weight is 297 g/mol. The van der Waals surface area contributed by atoms with Crippen molar-refractivity contribution >= 4 is 29.1 Å². The van der Waals surface area contributed by atoms with Crippen molar-refractivity contribution in [3.8, 4) is 0 Å². The number of benzene rings is 1. The van der Waals surface area contributed by atoms with Gasteiger partial charge in [-0.1, -0.05) is 32.9 Å². The lowest BCUT2D eigenvalue weighted by molar-refractivity contribution is -0.136. The zero-order valence-corrected chi connectivity index (χ0v) is 12.9. The van der Waals surface area contributed by atoms with Gasteiger partial charge < -0.3 is 10.6 Å². The molecule has 0 saturated carbocycles. The number of hydrogen-bond acceptors (Lipinski definition) is 2. The van der Waals surface area contributed by atoms with E-state index in [-0.39, 0.29) is 5.41 Å². The molecule has 0 radical (unpaired) electrons. The van der Waals surface area contributed by atoms with Gasteiger partial charge in [-0.15, -0.1) is 11.6 Å². The van der Waals surface area contributed by atoms with Crippen LogP contribution in [0.1, 0.15) is 32.8 Å². The Morgan fingerprint density at radius 1 is 1.10 bits per heavy atom. The van der Waals surface area contributed by atoms with Crippen LogP contribution in [0.2, 0.25) is 0 Å². The molecule has 0 atom stereocenters. The summed E-state index contributed by atoms with van der Waals surface area (Å²) in [5, 5.41) is 5.07. The third-order valence-corrected chi connectivity index (χ3v) is 3.08. The van der Waals surface area contributed by atoms with E-state index in [1.54, 1.807) is 12.1 Å². The molecule has 0 aliphatic carbocycles. The van der Waals surface area contributed by atoms with Crippen LogP contribution in [0.3, 0.4) is 0 Å². The van der Waals surface area contributed by atoms with Crippen LogP contribution in [-0.4, -0.2) is 24.2 Å². The van der Waals surface area contributed by atoms with Crippen LogP contribution in [0, 0.1) is 0 Å². The maximum absolute atomic E-state index is 11.6. The molecule has 0 unspecified atom stereocenters. The van der Waals surface area contributed by atoms with Crippen molar-refractivity contribution in [2.45, 2.75) is 32.6 Å². The summed E-state index contributed by atoms with van der Waals surface area (Å²) in [4.78, 5) is 23.1. The standard InChI is InChI=1S/C15H21ClN2O2/c1-15(2,3)11-5-7-12(8-6-11)18-14(20)13(19)17-10-4-9-16/h5-8H,4,9-10H2,1-3H3,(H,17,19)(H,18,20). The Morgan fingerprint density at radius 2 is 1.70 bits per heavy atom. The molecule has 0 aliphatic heterocycles. The first-order valence-electron chi connectivity index (χ1n) is 6.60. The summed E-state index contributed by atoms with van der Waals surface area (Å²) in [6, 6.07) is 7.48. The van der Waals surface area contributed by atoms with Gasteiger partial charge in [-0.05, 0) is 29.5 Å². The number of nitrogens with one attached hydrogen (secondary N) is 2. The van der Waals surface area contributed by atoms with Crippen LogP contribution in [0.5, 0.6) is 0 Å². The highest BCUT2D eigenvalue weighted by Crippen LogP contribution is 2.23. The van der Waals surface area contributed by atoms with Gasteiger partial charge in [0.15, 0.2) is 0 Å². The number of carbonyl (C=O) groups is 2. The lowest BCUT2D eigenvalue weighted by atomic mass is 9.87. The molecule has 1 aromatic carbocycles. The largest absolute Gasteiger partial charge is 0.348 e. The molecular formula is C15H21ClN2O2. The summed E-state index contributed by atoms with van der Waals surface area (Å²) < 4.78 is 0. The number of anilines is 1. The number of amides is 2. The minimum absolute atomic E-state index is 0.0570. The lowest BCUT2D eigenvalue weighted by Crippen LogP contribution is -2.36. The summed E-state index contributed by atoms with van der Waals surface area (Å²) >= 11 is 5.49. The molecule has 0 saturated heterocycles.